The molecule has 0 radical (unpaired) electrons. The van der Waals surface area contributed by atoms with Crippen LogP contribution >= 0.6 is 0 Å². The minimum atomic E-state index is 1.11. The summed E-state index contributed by atoms with van der Waals surface area (Å²) in [7, 11) is 1.19. The highest BCUT2D eigenvalue weighted by Crippen LogP contribution is 1.75. The molecule has 0 fully saturated rings. The molecule has 0 unspecified atom stereocenters. The van der Waals surface area contributed by atoms with Gasteiger partial charge in [0.2, 0.25) is 0 Å². The van der Waals surface area contributed by atoms with Crippen molar-refractivity contribution in [2.75, 3.05) is 0 Å². The Kier molecular flexibility index (Phi) is 4.30. The number of allylic oxidation sites excluding steroid dienone is 1. The van der Waals surface area contributed by atoms with Gasteiger partial charge < -0.3 is 5.73 Å². The van der Waals surface area contributed by atoms with Gasteiger partial charge in [0.1, 0.15) is 7.28 Å². The van der Waals surface area contributed by atoms with Crippen LogP contribution < -0.4 is 5.73 Å². The molecule has 0 aliphatic heterocycles. The SMILES string of the molecule is CBC/C=C\N. The smallest absolute Gasteiger partial charge is 0.121 e. The fourth-order valence-corrected chi connectivity index (χ4v) is 0.263. The maximum Gasteiger partial charge on any atom is 0.121 e. The van der Waals surface area contributed by atoms with E-state index >= 15 is 0 Å². The molecular formula is C4H10BN. The molecule has 0 bridgehead atoms. The lowest BCUT2D eigenvalue weighted by Gasteiger charge is -1.73. The van der Waals surface area contributed by atoms with Gasteiger partial charge in [-0.2, -0.15) is 0 Å². The first kappa shape index (κ1) is 5.60. The number of hydrogen-bond acceptors (Lipinski definition) is 1. The van der Waals surface area contributed by atoms with Crippen LogP contribution in [0.4, 0.5) is 0 Å². The topological polar surface area (TPSA) is 26.0 Å². The second-order valence-corrected chi connectivity index (χ2v) is 1.22. The summed E-state index contributed by atoms with van der Waals surface area (Å²) in [5.41, 5.74) is 5.03. The highest BCUT2D eigenvalue weighted by atomic mass is 14.5. The van der Waals surface area contributed by atoms with Crippen molar-refractivity contribution in [3.8, 4) is 0 Å². The second-order valence-electron chi connectivity index (χ2n) is 1.22. The minimum absolute atomic E-state index is 1.11. The van der Waals surface area contributed by atoms with Gasteiger partial charge in [-0.25, -0.2) is 0 Å². The molecular weight excluding hydrogens is 72.9 g/mol. The molecule has 6 heavy (non-hydrogen) atoms. The van der Waals surface area contributed by atoms with Crippen LogP contribution in [0.1, 0.15) is 0 Å². The van der Waals surface area contributed by atoms with E-state index in [1.165, 1.54) is 7.28 Å². The Morgan fingerprint density at radius 3 is 2.67 bits per heavy atom. The van der Waals surface area contributed by atoms with Crippen molar-refractivity contribution in [1.82, 2.24) is 0 Å². The van der Waals surface area contributed by atoms with Crippen LogP contribution in [0.15, 0.2) is 12.3 Å². The maximum atomic E-state index is 5.03. The third-order valence-electron chi connectivity index (χ3n) is 0.591. The third-order valence-corrected chi connectivity index (χ3v) is 0.591. The Hall–Kier alpha value is -0.395. The van der Waals surface area contributed by atoms with Gasteiger partial charge in [0.25, 0.3) is 0 Å². The summed E-state index contributed by atoms with van der Waals surface area (Å²) >= 11 is 0. The van der Waals surface area contributed by atoms with E-state index in [1.807, 2.05) is 6.08 Å². The monoisotopic (exact) mass is 83.1 g/mol. The van der Waals surface area contributed by atoms with E-state index in [0.717, 1.165) is 6.32 Å². The molecule has 0 rings (SSSR count). The number of rotatable bonds is 2. The largest absolute Gasteiger partial charge is 0.405 e. The van der Waals surface area contributed by atoms with Crippen molar-refractivity contribution in [3.05, 3.63) is 12.3 Å². The van der Waals surface area contributed by atoms with Crippen LogP contribution in [-0.2, 0) is 0 Å². The summed E-state index contributed by atoms with van der Waals surface area (Å²) in [6.45, 7) is 2.12. The molecule has 0 saturated carbocycles. The average molecular weight is 82.9 g/mol. The van der Waals surface area contributed by atoms with Crippen molar-refractivity contribution in [3.63, 3.8) is 0 Å². The van der Waals surface area contributed by atoms with Gasteiger partial charge in [-0.3, -0.25) is 0 Å². The highest BCUT2D eigenvalue weighted by Gasteiger charge is 1.69. The molecule has 0 aromatic heterocycles. The van der Waals surface area contributed by atoms with Crippen LogP contribution in [0.3, 0.4) is 0 Å². The van der Waals surface area contributed by atoms with Crippen LogP contribution in [0.25, 0.3) is 0 Å². The molecule has 0 aromatic rings. The van der Waals surface area contributed by atoms with E-state index in [9.17, 15) is 0 Å². The first-order valence-electron chi connectivity index (χ1n) is 2.28. The first-order valence-corrected chi connectivity index (χ1v) is 2.28. The van der Waals surface area contributed by atoms with E-state index in [-0.39, 0.29) is 0 Å². The molecule has 0 heterocycles. The molecule has 0 aliphatic carbocycles. The summed E-state index contributed by atoms with van der Waals surface area (Å²) in [5.74, 6) is 0. The Balaban J connectivity index is 2.66. The fourth-order valence-electron chi connectivity index (χ4n) is 0.263. The van der Waals surface area contributed by atoms with Gasteiger partial charge in [0, 0.05) is 0 Å². The van der Waals surface area contributed by atoms with Gasteiger partial charge >= 0.3 is 0 Å². The van der Waals surface area contributed by atoms with E-state index in [0.29, 0.717) is 0 Å². The Labute approximate surface area is 39.5 Å². The van der Waals surface area contributed by atoms with Crippen molar-refractivity contribution in [2.45, 2.75) is 13.1 Å². The summed E-state index contributed by atoms with van der Waals surface area (Å²) in [4.78, 5) is 0. The third kappa shape index (κ3) is 3.60. The molecule has 0 aromatic carbocycles. The molecule has 2 heteroatoms. The van der Waals surface area contributed by atoms with Crippen LogP contribution in [-0.4, -0.2) is 7.28 Å². The van der Waals surface area contributed by atoms with E-state index in [2.05, 4.69) is 6.82 Å². The molecule has 0 amide bonds. The van der Waals surface area contributed by atoms with Gasteiger partial charge in [-0.15, -0.1) is 0 Å². The van der Waals surface area contributed by atoms with Crippen LogP contribution in [0, 0.1) is 0 Å². The molecule has 0 atom stereocenters. The maximum absolute atomic E-state index is 5.03. The lowest BCUT2D eigenvalue weighted by molar-refractivity contribution is 1.53. The van der Waals surface area contributed by atoms with Crippen molar-refractivity contribution in [1.29, 1.82) is 0 Å². The van der Waals surface area contributed by atoms with Gasteiger partial charge in [-0.1, -0.05) is 19.2 Å². The molecule has 0 spiro atoms. The minimum Gasteiger partial charge on any atom is -0.405 e. The zero-order chi connectivity index (χ0) is 4.83. The fraction of sp³-hybridized carbons (Fsp3) is 0.500. The predicted molar refractivity (Wildman–Crippen MR) is 31.1 cm³/mol. The van der Waals surface area contributed by atoms with E-state index in [1.54, 1.807) is 6.20 Å². The van der Waals surface area contributed by atoms with Crippen molar-refractivity contribution in [2.24, 2.45) is 5.73 Å². The number of nitrogens with two attached hydrogens (primary N) is 1. The Bertz CT molecular complexity index is 42.8. The Morgan fingerprint density at radius 2 is 2.50 bits per heavy atom. The highest BCUT2D eigenvalue weighted by molar-refractivity contribution is 6.34. The van der Waals surface area contributed by atoms with E-state index < -0.39 is 0 Å². The predicted octanol–water partition coefficient (Wildman–Crippen LogP) is 0.362. The van der Waals surface area contributed by atoms with Crippen LogP contribution in [0.2, 0.25) is 13.1 Å². The molecule has 1 nitrogen and oxygen atoms in total. The average Bonchev–Trinajstić information content (AvgIpc) is 1.61. The Morgan fingerprint density at radius 1 is 1.83 bits per heavy atom. The normalized spacial score (nSPS) is 9.50. The summed E-state index contributed by atoms with van der Waals surface area (Å²) in [6, 6.07) is 0. The molecule has 2 N–H and O–H groups in total. The van der Waals surface area contributed by atoms with E-state index in [4.69, 9.17) is 5.73 Å². The standard InChI is InChI=1S/C4H10BN/c1-5-3-2-4-6/h2,4-5H,3,6H2,1H3/b4-2-. The lowest BCUT2D eigenvalue weighted by Crippen LogP contribution is -1.78. The summed E-state index contributed by atoms with van der Waals surface area (Å²) in [6.07, 6.45) is 4.65. The molecule has 0 saturated heterocycles. The zero-order valence-corrected chi connectivity index (χ0v) is 4.15. The molecule has 0 aliphatic rings. The summed E-state index contributed by atoms with van der Waals surface area (Å²) in [5, 5.41) is 0. The van der Waals surface area contributed by atoms with Gasteiger partial charge in [0.05, 0.1) is 0 Å². The van der Waals surface area contributed by atoms with Crippen molar-refractivity contribution < 1.29 is 0 Å². The lowest BCUT2D eigenvalue weighted by atomic mass is 9.78. The van der Waals surface area contributed by atoms with Crippen LogP contribution in [0.5, 0.6) is 0 Å². The first-order chi connectivity index (χ1) is 2.91. The van der Waals surface area contributed by atoms with Crippen molar-refractivity contribution >= 4 is 7.28 Å². The van der Waals surface area contributed by atoms with Gasteiger partial charge in [0.15, 0.2) is 0 Å². The zero-order valence-electron chi connectivity index (χ0n) is 4.15. The summed E-state index contributed by atoms with van der Waals surface area (Å²) < 4.78 is 0. The second kappa shape index (κ2) is 4.60. The number of hydrogen-bond donors (Lipinski definition) is 1. The van der Waals surface area contributed by atoms with Gasteiger partial charge in [-0.05, 0) is 6.20 Å². The molecule has 34 valence electrons. The quantitative estimate of drug-likeness (QED) is 0.479.